The van der Waals surface area contributed by atoms with Crippen molar-refractivity contribution in [1.29, 1.82) is 0 Å². The first-order valence-electron chi connectivity index (χ1n) is 5.07. The fourth-order valence-electron chi connectivity index (χ4n) is 1.35. The number of benzene rings is 1. The molecule has 0 aliphatic rings. The SMILES string of the molecule is CCOC=O.O=[N+]([O-])c1cccc2ccn(Br)c12. The first-order chi connectivity index (χ1) is 8.61. The Bertz CT molecular complexity index is 553. The van der Waals surface area contributed by atoms with Gasteiger partial charge in [0, 0.05) is 17.6 Å². The average Bonchev–Trinajstić information content (AvgIpc) is 2.73. The van der Waals surface area contributed by atoms with Gasteiger partial charge in [0.2, 0.25) is 0 Å². The van der Waals surface area contributed by atoms with E-state index in [2.05, 4.69) is 20.9 Å². The van der Waals surface area contributed by atoms with Crippen LogP contribution in [0.4, 0.5) is 5.69 Å². The van der Waals surface area contributed by atoms with Gasteiger partial charge in [-0.15, -0.1) is 0 Å². The van der Waals surface area contributed by atoms with E-state index in [0.29, 0.717) is 18.6 Å². The predicted molar refractivity (Wildman–Crippen MR) is 70.6 cm³/mol. The molecule has 2 rings (SSSR count). The lowest BCUT2D eigenvalue weighted by Gasteiger charge is -1.95. The molecule has 0 amide bonds. The van der Waals surface area contributed by atoms with Gasteiger partial charge in [-0.05, 0) is 13.0 Å². The first-order valence-corrected chi connectivity index (χ1v) is 5.78. The number of hydrogen-bond acceptors (Lipinski definition) is 4. The molecule has 96 valence electrons. The van der Waals surface area contributed by atoms with Crippen molar-refractivity contribution >= 4 is 39.2 Å². The van der Waals surface area contributed by atoms with Crippen LogP contribution in [-0.2, 0) is 9.53 Å². The van der Waals surface area contributed by atoms with Crippen LogP contribution < -0.4 is 0 Å². The fourth-order valence-corrected chi connectivity index (χ4v) is 1.86. The Morgan fingerprint density at radius 1 is 1.50 bits per heavy atom. The number of fused-ring (bicyclic) bond motifs is 1. The maximum atomic E-state index is 10.6. The third-order valence-electron chi connectivity index (χ3n) is 2.08. The van der Waals surface area contributed by atoms with E-state index < -0.39 is 0 Å². The molecule has 1 heterocycles. The summed E-state index contributed by atoms with van der Waals surface area (Å²) < 4.78 is 5.72. The highest BCUT2D eigenvalue weighted by Gasteiger charge is 2.13. The Kier molecular flexibility index (Phi) is 5.31. The van der Waals surface area contributed by atoms with Crippen molar-refractivity contribution in [2.24, 2.45) is 0 Å². The minimum Gasteiger partial charge on any atom is -0.468 e. The van der Waals surface area contributed by atoms with Gasteiger partial charge >= 0.3 is 0 Å². The Morgan fingerprint density at radius 2 is 2.22 bits per heavy atom. The van der Waals surface area contributed by atoms with Crippen molar-refractivity contribution in [1.82, 2.24) is 3.59 Å². The number of nitro benzene ring substituents is 1. The van der Waals surface area contributed by atoms with E-state index in [1.807, 2.05) is 12.1 Å². The molecule has 0 atom stereocenters. The Hall–Kier alpha value is -1.89. The van der Waals surface area contributed by atoms with Gasteiger partial charge in [0.05, 0.1) is 27.7 Å². The summed E-state index contributed by atoms with van der Waals surface area (Å²) >= 11 is 3.20. The second-order valence-electron chi connectivity index (χ2n) is 3.15. The molecule has 0 aliphatic heterocycles. The van der Waals surface area contributed by atoms with Gasteiger partial charge < -0.3 is 4.74 Å². The lowest BCUT2D eigenvalue weighted by molar-refractivity contribution is -0.383. The molecule has 1 aromatic heterocycles. The number of nitrogens with zero attached hydrogens (tertiary/aromatic N) is 2. The van der Waals surface area contributed by atoms with Crippen LogP contribution in [0.3, 0.4) is 0 Å². The van der Waals surface area contributed by atoms with E-state index in [-0.39, 0.29) is 10.6 Å². The number of para-hydroxylation sites is 1. The Morgan fingerprint density at radius 3 is 2.72 bits per heavy atom. The van der Waals surface area contributed by atoms with Crippen molar-refractivity contribution in [3.63, 3.8) is 0 Å². The third-order valence-corrected chi connectivity index (χ3v) is 2.67. The van der Waals surface area contributed by atoms with Crippen LogP contribution in [0, 0.1) is 10.1 Å². The van der Waals surface area contributed by atoms with Crippen LogP contribution in [0.15, 0.2) is 30.5 Å². The van der Waals surface area contributed by atoms with Crippen LogP contribution >= 0.6 is 16.1 Å². The third kappa shape index (κ3) is 3.30. The molecule has 1 aromatic carbocycles. The standard InChI is InChI=1S/C8H5BrN2O2.C3H6O2/c9-10-5-4-6-2-1-3-7(8(6)10)11(12)13;1-2-5-3-4/h1-5H;3H,2H2,1H3. The summed E-state index contributed by atoms with van der Waals surface area (Å²) in [5, 5.41) is 11.5. The van der Waals surface area contributed by atoms with Crippen LogP contribution in [-0.4, -0.2) is 21.6 Å². The van der Waals surface area contributed by atoms with Crippen molar-refractivity contribution in [2.45, 2.75) is 6.92 Å². The first kappa shape index (κ1) is 14.2. The monoisotopic (exact) mass is 314 g/mol. The lowest BCUT2D eigenvalue weighted by atomic mass is 10.2. The lowest BCUT2D eigenvalue weighted by Crippen LogP contribution is -1.90. The fraction of sp³-hybridized carbons (Fsp3) is 0.182. The number of halogens is 1. The second kappa shape index (κ2) is 6.75. The van der Waals surface area contributed by atoms with Gasteiger partial charge in [-0.25, -0.2) is 0 Å². The number of rotatable bonds is 3. The van der Waals surface area contributed by atoms with Crippen molar-refractivity contribution in [3.05, 3.63) is 40.6 Å². The summed E-state index contributed by atoms with van der Waals surface area (Å²) in [6.45, 7) is 2.66. The molecule has 0 bridgehead atoms. The molecule has 0 radical (unpaired) electrons. The summed E-state index contributed by atoms with van der Waals surface area (Å²) in [5.41, 5.74) is 0.701. The second-order valence-corrected chi connectivity index (χ2v) is 3.91. The van der Waals surface area contributed by atoms with Crippen molar-refractivity contribution in [3.8, 4) is 0 Å². The maximum absolute atomic E-state index is 10.6. The van der Waals surface area contributed by atoms with Gasteiger partial charge in [0.1, 0.15) is 5.52 Å². The molecule has 6 nitrogen and oxygen atoms in total. The van der Waals surface area contributed by atoms with Crippen LogP contribution in [0.2, 0.25) is 0 Å². The molecule has 0 saturated carbocycles. The minimum atomic E-state index is -0.389. The summed E-state index contributed by atoms with van der Waals surface area (Å²) in [6.07, 6.45) is 1.73. The molecular formula is C11H11BrN2O4. The molecule has 18 heavy (non-hydrogen) atoms. The largest absolute Gasteiger partial charge is 0.468 e. The maximum Gasteiger partial charge on any atom is 0.294 e. The van der Waals surface area contributed by atoms with Gasteiger partial charge in [-0.1, -0.05) is 12.1 Å². The summed E-state index contributed by atoms with van der Waals surface area (Å²) in [4.78, 5) is 19.4. The van der Waals surface area contributed by atoms with Crippen molar-refractivity contribution in [2.75, 3.05) is 6.61 Å². The van der Waals surface area contributed by atoms with Crippen LogP contribution in [0.25, 0.3) is 10.9 Å². The number of ether oxygens (including phenoxy) is 1. The highest BCUT2D eigenvalue weighted by Crippen LogP contribution is 2.27. The molecule has 7 heteroatoms. The molecule has 0 unspecified atom stereocenters. The zero-order valence-corrected chi connectivity index (χ0v) is 11.2. The molecule has 0 fully saturated rings. The molecule has 0 aliphatic carbocycles. The molecule has 0 spiro atoms. The average molecular weight is 315 g/mol. The normalized spacial score (nSPS) is 9.44. The predicted octanol–water partition coefficient (Wildman–Crippen LogP) is 2.89. The zero-order chi connectivity index (χ0) is 13.5. The van der Waals surface area contributed by atoms with Crippen LogP contribution in [0.5, 0.6) is 0 Å². The van der Waals surface area contributed by atoms with E-state index >= 15 is 0 Å². The van der Waals surface area contributed by atoms with E-state index in [1.54, 1.807) is 22.8 Å². The van der Waals surface area contributed by atoms with Gasteiger partial charge in [0.15, 0.2) is 0 Å². The van der Waals surface area contributed by atoms with Crippen LogP contribution in [0.1, 0.15) is 6.92 Å². The minimum absolute atomic E-state index is 0.111. The van der Waals surface area contributed by atoms with Gasteiger partial charge in [0.25, 0.3) is 12.2 Å². The highest BCUT2D eigenvalue weighted by atomic mass is 79.9. The summed E-state index contributed by atoms with van der Waals surface area (Å²) in [6, 6.07) is 6.81. The number of hydrogen-bond donors (Lipinski definition) is 0. The number of carbonyl (C=O) groups is 1. The van der Waals surface area contributed by atoms with Gasteiger partial charge in [-0.2, -0.15) is 0 Å². The number of nitro groups is 1. The summed E-state index contributed by atoms with van der Waals surface area (Å²) in [7, 11) is 0. The van der Waals surface area contributed by atoms with Gasteiger partial charge in [-0.3, -0.25) is 18.5 Å². The van der Waals surface area contributed by atoms with Crippen molar-refractivity contribution < 1.29 is 14.5 Å². The number of carbonyl (C=O) groups excluding carboxylic acids is 1. The summed E-state index contributed by atoms with van der Waals surface area (Å²) in [5.74, 6) is 0. The van der Waals surface area contributed by atoms with E-state index in [9.17, 15) is 14.9 Å². The Balaban J connectivity index is 0.000000280. The van der Waals surface area contributed by atoms with E-state index in [4.69, 9.17) is 0 Å². The van der Waals surface area contributed by atoms with E-state index in [0.717, 1.165) is 5.39 Å². The smallest absolute Gasteiger partial charge is 0.294 e. The number of non-ortho nitro benzene ring substituents is 1. The highest BCUT2D eigenvalue weighted by molar-refractivity contribution is 9.08. The Labute approximate surface area is 112 Å². The molecular weight excluding hydrogens is 304 g/mol. The quantitative estimate of drug-likeness (QED) is 0.496. The topological polar surface area (TPSA) is 74.4 Å². The zero-order valence-electron chi connectivity index (χ0n) is 9.58. The number of aromatic nitrogens is 1. The molecule has 0 N–H and O–H groups in total. The van der Waals surface area contributed by atoms with E-state index in [1.165, 1.54) is 6.07 Å². The molecule has 2 aromatic rings. The molecule has 0 saturated heterocycles.